The molecule has 30 heavy (non-hydrogen) atoms. The zero-order valence-electron chi connectivity index (χ0n) is 17.6. The molecule has 154 valence electrons. The van der Waals surface area contributed by atoms with E-state index in [1.807, 2.05) is 12.1 Å². The number of aromatic nitrogens is 8. The van der Waals surface area contributed by atoms with Crippen LogP contribution in [0.25, 0.3) is 22.6 Å². The van der Waals surface area contributed by atoms with Crippen molar-refractivity contribution in [1.82, 2.24) is 40.4 Å². The van der Waals surface area contributed by atoms with E-state index in [2.05, 4.69) is 75.3 Å². The van der Waals surface area contributed by atoms with Crippen LogP contribution in [0, 0.1) is 0 Å². The number of unbranched alkanes of at least 4 members (excludes halogenated alkanes) is 1. The predicted molar refractivity (Wildman–Crippen MR) is 115 cm³/mol. The SMILES string of the molecule is CCCCc1nc(C(C)C)nn1Cc1ccc(-c2cccnc2-c2nn[nH]n2)cc1. The summed E-state index contributed by atoms with van der Waals surface area (Å²) in [6.07, 6.45) is 4.96. The van der Waals surface area contributed by atoms with Crippen LogP contribution in [0.1, 0.15) is 56.7 Å². The van der Waals surface area contributed by atoms with Crippen molar-refractivity contribution in [2.45, 2.75) is 52.5 Å². The molecule has 0 saturated heterocycles. The number of benzene rings is 1. The number of hydrogen-bond donors (Lipinski definition) is 1. The summed E-state index contributed by atoms with van der Waals surface area (Å²) in [7, 11) is 0. The number of nitrogens with zero attached hydrogens (tertiary/aromatic N) is 7. The summed E-state index contributed by atoms with van der Waals surface area (Å²) in [6, 6.07) is 12.4. The van der Waals surface area contributed by atoms with Gasteiger partial charge in [0.1, 0.15) is 11.5 Å². The molecule has 0 unspecified atom stereocenters. The highest BCUT2D eigenvalue weighted by Gasteiger charge is 2.14. The Morgan fingerprint density at radius 2 is 1.93 bits per heavy atom. The van der Waals surface area contributed by atoms with Gasteiger partial charge in [0.15, 0.2) is 5.82 Å². The van der Waals surface area contributed by atoms with Crippen LogP contribution < -0.4 is 0 Å². The van der Waals surface area contributed by atoms with Crippen molar-refractivity contribution in [3.05, 3.63) is 59.8 Å². The Morgan fingerprint density at radius 3 is 2.63 bits per heavy atom. The first-order chi connectivity index (χ1) is 14.7. The Kier molecular flexibility index (Phi) is 5.92. The number of aromatic amines is 1. The van der Waals surface area contributed by atoms with Crippen LogP contribution in [0.2, 0.25) is 0 Å². The molecule has 0 fully saturated rings. The monoisotopic (exact) mass is 402 g/mol. The second kappa shape index (κ2) is 8.94. The summed E-state index contributed by atoms with van der Waals surface area (Å²) in [4.78, 5) is 9.21. The number of nitrogens with one attached hydrogen (secondary N) is 1. The average molecular weight is 403 g/mol. The molecule has 0 atom stereocenters. The molecule has 3 aromatic heterocycles. The molecule has 8 nitrogen and oxygen atoms in total. The molecular weight excluding hydrogens is 376 g/mol. The van der Waals surface area contributed by atoms with E-state index in [0.717, 1.165) is 42.0 Å². The minimum atomic E-state index is 0.322. The summed E-state index contributed by atoms with van der Waals surface area (Å²) >= 11 is 0. The maximum Gasteiger partial charge on any atom is 0.223 e. The van der Waals surface area contributed by atoms with Crippen molar-refractivity contribution in [1.29, 1.82) is 0 Å². The highest BCUT2D eigenvalue weighted by molar-refractivity contribution is 5.77. The molecule has 4 rings (SSSR count). The van der Waals surface area contributed by atoms with E-state index in [1.54, 1.807) is 6.20 Å². The van der Waals surface area contributed by atoms with E-state index in [9.17, 15) is 0 Å². The van der Waals surface area contributed by atoms with Crippen molar-refractivity contribution in [2.24, 2.45) is 0 Å². The quantitative estimate of drug-likeness (QED) is 0.478. The zero-order valence-corrected chi connectivity index (χ0v) is 17.6. The standard InChI is InChI=1S/C22H26N8/c1-4-5-8-19-24-21(15(2)3)27-30(19)14-16-9-11-17(12-10-16)18-7-6-13-23-20(18)22-25-28-29-26-22/h6-7,9-13,15H,4-5,8,14H2,1-3H3,(H,25,26,28,29). The molecule has 0 amide bonds. The predicted octanol–water partition coefficient (Wildman–Crippen LogP) is 4.03. The van der Waals surface area contributed by atoms with E-state index in [4.69, 9.17) is 10.1 Å². The van der Waals surface area contributed by atoms with Crippen LogP contribution in [0.5, 0.6) is 0 Å². The lowest BCUT2D eigenvalue weighted by atomic mass is 10.0. The van der Waals surface area contributed by atoms with Crippen LogP contribution in [-0.2, 0) is 13.0 Å². The first-order valence-corrected chi connectivity index (χ1v) is 10.4. The molecule has 0 aliphatic heterocycles. The van der Waals surface area contributed by atoms with E-state index >= 15 is 0 Å². The van der Waals surface area contributed by atoms with Gasteiger partial charge < -0.3 is 0 Å². The fraction of sp³-hybridized carbons (Fsp3) is 0.364. The molecule has 0 saturated carbocycles. The van der Waals surface area contributed by atoms with Gasteiger partial charge in [-0.15, -0.1) is 10.2 Å². The number of rotatable bonds is 8. The number of aryl methyl sites for hydroxylation is 1. The third-order valence-electron chi connectivity index (χ3n) is 5.00. The number of H-pyrrole nitrogens is 1. The van der Waals surface area contributed by atoms with Gasteiger partial charge in [0, 0.05) is 24.1 Å². The molecule has 0 spiro atoms. The van der Waals surface area contributed by atoms with Crippen molar-refractivity contribution < 1.29 is 0 Å². The summed E-state index contributed by atoms with van der Waals surface area (Å²) in [5.41, 5.74) is 3.91. The van der Waals surface area contributed by atoms with E-state index < -0.39 is 0 Å². The molecule has 0 bridgehead atoms. The van der Waals surface area contributed by atoms with Crippen molar-refractivity contribution in [3.8, 4) is 22.6 Å². The first kappa shape index (κ1) is 19.9. The summed E-state index contributed by atoms with van der Waals surface area (Å²) in [5, 5.41) is 19.0. The van der Waals surface area contributed by atoms with E-state index in [1.165, 1.54) is 5.56 Å². The Labute approximate surface area is 175 Å². The van der Waals surface area contributed by atoms with Crippen LogP contribution in [-0.4, -0.2) is 40.4 Å². The Bertz CT molecular complexity index is 1080. The fourth-order valence-electron chi connectivity index (χ4n) is 3.33. The number of pyridine rings is 1. The zero-order chi connectivity index (χ0) is 20.9. The van der Waals surface area contributed by atoms with Gasteiger partial charge in [-0.2, -0.15) is 10.3 Å². The van der Waals surface area contributed by atoms with E-state index in [-0.39, 0.29) is 0 Å². The van der Waals surface area contributed by atoms with Crippen LogP contribution in [0.4, 0.5) is 0 Å². The smallest absolute Gasteiger partial charge is 0.223 e. The van der Waals surface area contributed by atoms with Gasteiger partial charge in [-0.1, -0.05) is 57.5 Å². The largest absolute Gasteiger partial charge is 0.252 e. The Hall–Kier alpha value is -3.42. The summed E-state index contributed by atoms with van der Waals surface area (Å²) in [5.74, 6) is 2.79. The summed E-state index contributed by atoms with van der Waals surface area (Å²) < 4.78 is 2.05. The highest BCUT2D eigenvalue weighted by atomic mass is 15.5. The molecular formula is C22H26N8. The lowest BCUT2D eigenvalue weighted by Crippen LogP contribution is -2.07. The average Bonchev–Trinajstić information content (AvgIpc) is 3.43. The van der Waals surface area contributed by atoms with Gasteiger partial charge in [0.2, 0.25) is 5.82 Å². The first-order valence-electron chi connectivity index (χ1n) is 10.4. The maximum absolute atomic E-state index is 4.77. The third kappa shape index (κ3) is 4.27. The molecule has 0 radical (unpaired) electrons. The number of tetrazole rings is 1. The Balaban J connectivity index is 1.59. The van der Waals surface area contributed by atoms with Gasteiger partial charge in [0.25, 0.3) is 0 Å². The lowest BCUT2D eigenvalue weighted by molar-refractivity contribution is 0.610. The third-order valence-corrected chi connectivity index (χ3v) is 5.00. The van der Waals surface area contributed by atoms with Crippen molar-refractivity contribution >= 4 is 0 Å². The minimum absolute atomic E-state index is 0.322. The van der Waals surface area contributed by atoms with Gasteiger partial charge in [-0.05, 0) is 28.8 Å². The minimum Gasteiger partial charge on any atom is -0.252 e. The van der Waals surface area contributed by atoms with Gasteiger partial charge in [0.05, 0.1) is 6.54 Å². The molecule has 8 heteroatoms. The van der Waals surface area contributed by atoms with Crippen LogP contribution in [0.3, 0.4) is 0 Å². The summed E-state index contributed by atoms with van der Waals surface area (Å²) in [6.45, 7) is 7.18. The molecule has 0 aliphatic rings. The molecule has 0 aliphatic carbocycles. The van der Waals surface area contributed by atoms with Crippen LogP contribution in [0.15, 0.2) is 42.6 Å². The maximum atomic E-state index is 4.77. The van der Waals surface area contributed by atoms with Gasteiger partial charge >= 0.3 is 0 Å². The van der Waals surface area contributed by atoms with Crippen molar-refractivity contribution in [3.63, 3.8) is 0 Å². The highest BCUT2D eigenvalue weighted by Crippen LogP contribution is 2.28. The lowest BCUT2D eigenvalue weighted by Gasteiger charge is -2.09. The van der Waals surface area contributed by atoms with Crippen LogP contribution >= 0.6 is 0 Å². The van der Waals surface area contributed by atoms with Crippen molar-refractivity contribution in [2.75, 3.05) is 0 Å². The second-order valence-corrected chi connectivity index (χ2v) is 7.63. The molecule has 4 aromatic rings. The van der Waals surface area contributed by atoms with Gasteiger partial charge in [-0.3, -0.25) is 4.98 Å². The van der Waals surface area contributed by atoms with Gasteiger partial charge in [-0.25, -0.2) is 9.67 Å². The fourth-order valence-corrected chi connectivity index (χ4v) is 3.33. The number of hydrogen-bond acceptors (Lipinski definition) is 6. The molecule has 1 aromatic carbocycles. The Morgan fingerprint density at radius 1 is 1.10 bits per heavy atom. The molecule has 3 heterocycles. The normalized spacial score (nSPS) is 11.3. The topological polar surface area (TPSA) is 98.1 Å². The van der Waals surface area contributed by atoms with E-state index in [0.29, 0.717) is 24.0 Å². The second-order valence-electron chi connectivity index (χ2n) is 7.63. The molecule has 1 N–H and O–H groups in total.